The number of hydrogen-bond acceptors (Lipinski definition) is 3. The van der Waals surface area contributed by atoms with Crippen molar-refractivity contribution < 1.29 is 22.7 Å². The highest BCUT2D eigenvalue weighted by atomic mass is 79.9. The van der Waals surface area contributed by atoms with Crippen molar-refractivity contribution in [1.29, 1.82) is 0 Å². The topological polar surface area (TPSA) is 26.3 Å². The van der Waals surface area contributed by atoms with Crippen molar-refractivity contribution in [3.63, 3.8) is 0 Å². The van der Waals surface area contributed by atoms with Crippen molar-refractivity contribution in [1.82, 2.24) is 0 Å². The molecule has 106 valence electrons. The summed E-state index contributed by atoms with van der Waals surface area (Å²) in [6, 6.07) is 4.38. The molecule has 1 aromatic rings. The fourth-order valence-electron chi connectivity index (χ4n) is 1.46. The zero-order chi connectivity index (χ0) is 14.6. The molecule has 0 saturated carbocycles. The van der Waals surface area contributed by atoms with Gasteiger partial charge in [0, 0.05) is 5.56 Å². The van der Waals surface area contributed by atoms with Crippen LogP contribution in [0.25, 0.3) is 0 Å². The van der Waals surface area contributed by atoms with Crippen LogP contribution in [0.5, 0.6) is 5.75 Å². The lowest BCUT2D eigenvalue weighted by atomic mass is 10.1. The highest BCUT2D eigenvalue weighted by Crippen LogP contribution is 2.45. The summed E-state index contributed by atoms with van der Waals surface area (Å²) in [6.07, 6.45) is 0. The SMILES string of the molecule is CCOc1c(SC(F)(F)F)cccc1C(Br)C(C)=O. The minimum Gasteiger partial charge on any atom is -0.492 e. The van der Waals surface area contributed by atoms with E-state index in [9.17, 15) is 18.0 Å². The highest BCUT2D eigenvalue weighted by Gasteiger charge is 2.32. The Morgan fingerprint density at radius 1 is 1.47 bits per heavy atom. The molecule has 0 radical (unpaired) electrons. The first kappa shape index (κ1) is 16.4. The van der Waals surface area contributed by atoms with Crippen LogP contribution in [0.1, 0.15) is 24.2 Å². The Hall–Kier alpha value is -0.690. The van der Waals surface area contributed by atoms with E-state index in [0.29, 0.717) is 5.56 Å². The van der Waals surface area contributed by atoms with E-state index in [4.69, 9.17) is 4.74 Å². The van der Waals surface area contributed by atoms with Crippen molar-refractivity contribution in [2.45, 2.75) is 29.1 Å². The maximum Gasteiger partial charge on any atom is 0.446 e. The minimum absolute atomic E-state index is 0.0439. The van der Waals surface area contributed by atoms with Crippen LogP contribution < -0.4 is 4.74 Å². The van der Waals surface area contributed by atoms with E-state index in [1.807, 2.05) is 0 Å². The van der Waals surface area contributed by atoms with Gasteiger partial charge in [0.05, 0.1) is 11.5 Å². The Labute approximate surface area is 121 Å². The number of ketones is 1. The zero-order valence-corrected chi connectivity index (χ0v) is 12.7. The minimum atomic E-state index is -4.40. The molecule has 0 aliphatic rings. The van der Waals surface area contributed by atoms with Crippen molar-refractivity contribution in [2.75, 3.05) is 6.61 Å². The summed E-state index contributed by atoms with van der Waals surface area (Å²) < 4.78 is 42.7. The first-order chi connectivity index (χ1) is 8.76. The fraction of sp³-hybridized carbons (Fsp3) is 0.417. The second-order valence-electron chi connectivity index (χ2n) is 3.63. The maximum absolute atomic E-state index is 12.5. The average molecular weight is 357 g/mol. The summed E-state index contributed by atoms with van der Waals surface area (Å²) in [5, 5.41) is 0. The highest BCUT2D eigenvalue weighted by molar-refractivity contribution is 9.09. The largest absolute Gasteiger partial charge is 0.492 e. The quantitative estimate of drug-likeness (QED) is 0.563. The molecule has 0 bridgehead atoms. The van der Waals surface area contributed by atoms with Crippen LogP contribution >= 0.6 is 27.7 Å². The Morgan fingerprint density at radius 2 is 2.11 bits per heavy atom. The molecule has 0 fully saturated rings. The maximum atomic E-state index is 12.5. The van der Waals surface area contributed by atoms with Crippen molar-refractivity contribution in [3.05, 3.63) is 23.8 Å². The van der Waals surface area contributed by atoms with E-state index in [2.05, 4.69) is 15.9 Å². The molecule has 0 saturated heterocycles. The number of carbonyl (C=O) groups excluding carboxylic acids is 1. The number of benzene rings is 1. The number of ether oxygens (including phenoxy) is 1. The zero-order valence-electron chi connectivity index (χ0n) is 10.3. The van der Waals surface area contributed by atoms with Crippen molar-refractivity contribution >= 4 is 33.5 Å². The molecule has 2 nitrogen and oxygen atoms in total. The first-order valence-corrected chi connectivity index (χ1v) is 7.15. The number of rotatable bonds is 5. The average Bonchev–Trinajstić information content (AvgIpc) is 2.28. The van der Waals surface area contributed by atoms with Gasteiger partial charge in [0.1, 0.15) is 16.4 Å². The van der Waals surface area contributed by atoms with E-state index in [1.54, 1.807) is 13.0 Å². The summed E-state index contributed by atoms with van der Waals surface area (Å²) >= 11 is 2.92. The molecular formula is C12H12BrF3O2S. The summed E-state index contributed by atoms with van der Waals surface area (Å²) in [5.74, 6) is -0.0977. The van der Waals surface area contributed by atoms with Gasteiger partial charge in [0.15, 0.2) is 0 Å². The fourth-order valence-corrected chi connectivity index (χ4v) is 2.48. The van der Waals surface area contributed by atoms with Gasteiger partial charge < -0.3 is 4.74 Å². The van der Waals surface area contributed by atoms with Gasteiger partial charge in [-0.1, -0.05) is 28.1 Å². The smallest absolute Gasteiger partial charge is 0.446 e. The molecule has 19 heavy (non-hydrogen) atoms. The van der Waals surface area contributed by atoms with Gasteiger partial charge in [-0.15, -0.1) is 0 Å². The normalized spacial score (nSPS) is 13.2. The lowest BCUT2D eigenvalue weighted by Crippen LogP contribution is -2.07. The summed E-state index contributed by atoms with van der Waals surface area (Å²) in [4.78, 5) is 10.6. The molecule has 0 aliphatic heterocycles. The van der Waals surface area contributed by atoms with Gasteiger partial charge in [-0.25, -0.2) is 0 Å². The summed E-state index contributed by atoms with van der Waals surface area (Å²) in [5.41, 5.74) is -3.99. The number of para-hydroxylation sites is 1. The first-order valence-electron chi connectivity index (χ1n) is 5.42. The van der Waals surface area contributed by atoms with Crippen LogP contribution in [0, 0.1) is 0 Å². The molecule has 1 rings (SSSR count). The van der Waals surface area contributed by atoms with Crippen LogP contribution in [0.4, 0.5) is 13.2 Å². The Kier molecular flexibility index (Phi) is 5.73. The van der Waals surface area contributed by atoms with Gasteiger partial charge in [-0.2, -0.15) is 13.2 Å². The summed E-state index contributed by atoms with van der Waals surface area (Å²) in [7, 11) is 0. The third-order valence-corrected chi connectivity index (χ3v) is 4.06. The number of halogens is 4. The standard InChI is InChI=1S/C12H12BrF3O2S/c1-3-18-11-8(10(13)7(2)17)5-4-6-9(11)19-12(14,15)16/h4-6,10H,3H2,1-2H3. The molecular weight excluding hydrogens is 345 g/mol. The molecule has 1 atom stereocenters. The number of alkyl halides is 4. The second-order valence-corrected chi connectivity index (χ2v) is 5.65. The molecule has 7 heteroatoms. The van der Waals surface area contributed by atoms with Gasteiger partial charge in [-0.3, -0.25) is 4.79 Å². The number of thioether (sulfide) groups is 1. The van der Waals surface area contributed by atoms with Gasteiger partial charge in [0.2, 0.25) is 0 Å². The van der Waals surface area contributed by atoms with Crippen molar-refractivity contribution in [3.8, 4) is 5.75 Å². The number of carbonyl (C=O) groups is 1. The van der Waals surface area contributed by atoms with Crippen LogP contribution in [0.15, 0.2) is 23.1 Å². The summed E-state index contributed by atoms with van der Waals surface area (Å²) in [6.45, 7) is 3.26. The number of hydrogen-bond donors (Lipinski definition) is 0. The number of Topliss-reactive ketones (excluding diaryl/α,β-unsaturated/α-hetero) is 1. The van der Waals surface area contributed by atoms with Gasteiger partial charge >= 0.3 is 5.51 Å². The van der Waals surface area contributed by atoms with E-state index in [0.717, 1.165) is 0 Å². The van der Waals surface area contributed by atoms with E-state index < -0.39 is 10.3 Å². The Morgan fingerprint density at radius 3 is 2.58 bits per heavy atom. The van der Waals surface area contributed by atoms with Gasteiger partial charge in [0.25, 0.3) is 0 Å². The monoisotopic (exact) mass is 356 g/mol. The molecule has 0 N–H and O–H groups in total. The Balaban J connectivity index is 3.25. The van der Waals surface area contributed by atoms with Crippen LogP contribution in [-0.2, 0) is 4.79 Å². The Bertz CT molecular complexity index is 463. The molecule has 1 unspecified atom stereocenters. The molecule has 0 amide bonds. The molecule has 0 spiro atoms. The predicted octanol–water partition coefficient (Wildman–Crippen LogP) is 4.72. The van der Waals surface area contributed by atoms with E-state index in [-0.39, 0.29) is 34.8 Å². The molecule has 1 aromatic carbocycles. The van der Waals surface area contributed by atoms with Crippen LogP contribution in [0.2, 0.25) is 0 Å². The lowest BCUT2D eigenvalue weighted by Gasteiger charge is -2.17. The third kappa shape index (κ3) is 4.72. The van der Waals surface area contributed by atoms with E-state index in [1.165, 1.54) is 19.1 Å². The van der Waals surface area contributed by atoms with Gasteiger partial charge in [-0.05, 0) is 31.7 Å². The predicted molar refractivity (Wildman–Crippen MR) is 71.9 cm³/mol. The molecule has 0 aromatic heterocycles. The lowest BCUT2D eigenvalue weighted by molar-refractivity contribution is -0.116. The van der Waals surface area contributed by atoms with Crippen LogP contribution in [0.3, 0.4) is 0 Å². The molecule has 0 heterocycles. The van der Waals surface area contributed by atoms with Crippen LogP contribution in [-0.4, -0.2) is 17.9 Å². The van der Waals surface area contributed by atoms with E-state index >= 15 is 0 Å². The second kappa shape index (κ2) is 6.65. The molecule has 0 aliphatic carbocycles. The van der Waals surface area contributed by atoms with Crippen molar-refractivity contribution in [2.24, 2.45) is 0 Å². The third-order valence-electron chi connectivity index (χ3n) is 2.15.